The van der Waals surface area contributed by atoms with Gasteiger partial charge in [-0.3, -0.25) is 4.99 Å². The van der Waals surface area contributed by atoms with Gasteiger partial charge in [-0.1, -0.05) is 6.08 Å². The first kappa shape index (κ1) is 7.06. The molecular formula is C8H11NO. The fourth-order valence-corrected chi connectivity index (χ4v) is 0.694. The highest BCUT2D eigenvalue weighted by molar-refractivity contribution is 5.73. The van der Waals surface area contributed by atoms with E-state index in [4.69, 9.17) is 5.11 Å². The predicted molar refractivity (Wildman–Crippen MR) is 42.4 cm³/mol. The Morgan fingerprint density at radius 1 is 1.50 bits per heavy atom. The zero-order valence-corrected chi connectivity index (χ0v) is 6.20. The molecule has 1 rings (SSSR count). The molecule has 0 saturated carbocycles. The van der Waals surface area contributed by atoms with Crippen LogP contribution in [-0.4, -0.2) is 16.9 Å². The zero-order valence-electron chi connectivity index (χ0n) is 6.20. The van der Waals surface area contributed by atoms with Gasteiger partial charge in [0.25, 0.3) is 0 Å². The van der Waals surface area contributed by atoms with Crippen molar-refractivity contribution in [1.29, 1.82) is 0 Å². The summed E-state index contributed by atoms with van der Waals surface area (Å²) in [4.78, 5) is 4.16. The van der Waals surface area contributed by atoms with E-state index in [0.717, 1.165) is 0 Å². The highest BCUT2D eigenvalue weighted by atomic mass is 16.3. The van der Waals surface area contributed by atoms with Crippen LogP contribution in [0.3, 0.4) is 0 Å². The van der Waals surface area contributed by atoms with Crippen LogP contribution in [0.4, 0.5) is 0 Å². The number of aliphatic imine (C=N–C) groups is 1. The first-order chi connectivity index (χ1) is 4.60. The number of hydrogen-bond donors (Lipinski definition) is 1. The van der Waals surface area contributed by atoms with Gasteiger partial charge in [-0.2, -0.15) is 0 Å². The summed E-state index contributed by atoms with van der Waals surface area (Å²) in [5.74, 6) is 0.259. The van der Waals surface area contributed by atoms with Crippen LogP contribution < -0.4 is 0 Å². The summed E-state index contributed by atoms with van der Waals surface area (Å²) in [7, 11) is 0. The molecule has 0 atom stereocenters. The van der Waals surface area contributed by atoms with E-state index in [1.807, 2.05) is 19.9 Å². The second kappa shape index (κ2) is 2.29. The topological polar surface area (TPSA) is 32.6 Å². The van der Waals surface area contributed by atoms with Crippen LogP contribution in [0.2, 0.25) is 0 Å². The van der Waals surface area contributed by atoms with E-state index >= 15 is 0 Å². The maximum absolute atomic E-state index is 9.00. The standard InChI is InChI=1S/C8H11NO/c1-8(2)5-3-7(10)4-6-9-8/h3-6,10H,1-2H3. The molecule has 0 spiro atoms. The molecule has 1 N–H and O–H groups in total. The van der Waals surface area contributed by atoms with Gasteiger partial charge in [0.1, 0.15) is 5.76 Å². The first-order valence-electron chi connectivity index (χ1n) is 3.24. The molecule has 0 amide bonds. The molecule has 2 heteroatoms. The maximum Gasteiger partial charge on any atom is 0.116 e. The minimum Gasteiger partial charge on any atom is -0.508 e. The number of nitrogens with zero attached hydrogens (tertiary/aromatic N) is 1. The van der Waals surface area contributed by atoms with E-state index in [0.29, 0.717) is 0 Å². The molecule has 1 aliphatic rings. The molecule has 0 fully saturated rings. The van der Waals surface area contributed by atoms with E-state index in [2.05, 4.69) is 4.99 Å². The van der Waals surface area contributed by atoms with Crippen molar-refractivity contribution in [2.45, 2.75) is 19.4 Å². The lowest BCUT2D eigenvalue weighted by atomic mass is 10.1. The lowest BCUT2D eigenvalue weighted by Crippen LogP contribution is -2.11. The van der Waals surface area contributed by atoms with E-state index in [9.17, 15) is 0 Å². The van der Waals surface area contributed by atoms with Crippen molar-refractivity contribution in [1.82, 2.24) is 0 Å². The lowest BCUT2D eigenvalue weighted by Gasteiger charge is -2.11. The monoisotopic (exact) mass is 137 g/mol. The summed E-state index contributed by atoms with van der Waals surface area (Å²) in [6, 6.07) is 0. The summed E-state index contributed by atoms with van der Waals surface area (Å²) in [5, 5.41) is 9.00. The number of rotatable bonds is 0. The molecule has 10 heavy (non-hydrogen) atoms. The van der Waals surface area contributed by atoms with Gasteiger partial charge in [-0.15, -0.1) is 0 Å². The van der Waals surface area contributed by atoms with Crippen molar-refractivity contribution >= 4 is 6.21 Å². The van der Waals surface area contributed by atoms with Crippen LogP contribution in [0.1, 0.15) is 13.8 Å². The van der Waals surface area contributed by atoms with E-state index in [1.165, 1.54) is 0 Å². The molecule has 2 nitrogen and oxygen atoms in total. The minimum absolute atomic E-state index is 0.180. The SMILES string of the molecule is CC1(C)C=CC(O)=CC=N1. The molecule has 0 aromatic carbocycles. The fraction of sp³-hybridized carbons (Fsp3) is 0.375. The quantitative estimate of drug-likeness (QED) is 0.543. The second-order valence-corrected chi connectivity index (χ2v) is 2.86. The largest absolute Gasteiger partial charge is 0.508 e. The van der Waals surface area contributed by atoms with Gasteiger partial charge >= 0.3 is 0 Å². The summed E-state index contributed by atoms with van der Waals surface area (Å²) in [6.07, 6.45) is 6.72. The highest BCUT2D eigenvalue weighted by Gasteiger charge is 2.10. The number of allylic oxidation sites excluding steroid dienone is 2. The Kier molecular flexibility index (Phi) is 1.62. The van der Waals surface area contributed by atoms with Gasteiger partial charge < -0.3 is 5.11 Å². The van der Waals surface area contributed by atoms with Crippen LogP contribution >= 0.6 is 0 Å². The average Bonchev–Trinajstić information content (AvgIpc) is 1.94. The first-order valence-corrected chi connectivity index (χ1v) is 3.24. The van der Waals surface area contributed by atoms with Gasteiger partial charge in [0.2, 0.25) is 0 Å². The molecule has 0 aromatic heterocycles. The Morgan fingerprint density at radius 3 is 2.90 bits per heavy atom. The van der Waals surface area contributed by atoms with Crippen LogP contribution in [0, 0.1) is 0 Å². The maximum atomic E-state index is 9.00. The molecular weight excluding hydrogens is 126 g/mol. The Bertz CT molecular complexity index is 211. The van der Waals surface area contributed by atoms with Gasteiger partial charge in [0.15, 0.2) is 0 Å². The Hall–Kier alpha value is -1.05. The van der Waals surface area contributed by atoms with Gasteiger partial charge in [-0.05, 0) is 26.0 Å². The van der Waals surface area contributed by atoms with E-state index < -0.39 is 0 Å². The molecule has 1 heterocycles. The number of aliphatic hydroxyl groups is 1. The summed E-state index contributed by atoms with van der Waals surface area (Å²) in [6.45, 7) is 3.96. The molecule has 54 valence electrons. The molecule has 0 unspecified atom stereocenters. The van der Waals surface area contributed by atoms with Crippen LogP contribution in [0.15, 0.2) is 29.0 Å². The fourth-order valence-electron chi connectivity index (χ4n) is 0.694. The summed E-state index contributed by atoms with van der Waals surface area (Å²) >= 11 is 0. The second-order valence-electron chi connectivity index (χ2n) is 2.86. The third-order valence-corrected chi connectivity index (χ3v) is 1.31. The van der Waals surface area contributed by atoms with Crippen LogP contribution in [0.5, 0.6) is 0 Å². The molecule has 0 bridgehead atoms. The minimum atomic E-state index is -0.180. The van der Waals surface area contributed by atoms with Crippen molar-refractivity contribution in [2.75, 3.05) is 0 Å². The number of aliphatic hydroxyl groups excluding tert-OH is 1. The molecule has 0 aliphatic carbocycles. The van der Waals surface area contributed by atoms with Crippen molar-refractivity contribution in [3.8, 4) is 0 Å². The number of hydrogen-bond acceptors (Lipinski definition) is 2. The van der Waals surface area contributed by atoms with Crippen molar-refractivity contribution in [3.63, 3.8) is 0 Å². The lowest BCUT2D eigenvalue weighted by molar-refractivity contribution is 0.433. The molecule has 0 aromatic rings. The molecule has 0 radical (unpaired) electrons. The normalized spacial score (nSPS) is 22.0. The third kappa shape index (κ3) is 1.72. The van der Waals surface area contributed by atoms with Crippen molar-refractivity contribution in [3.05, 3.63) is 24.0 Å². The average molecular weight is 137 g/mol. The van der Waals surface area contributed by atoms with Gasteiger partial charge in [-0.25, -0.2) is 0 Å². The Morgan fingerprint density at radius 2 is 2.20 bits per heavy atom. The zero-order chi connectivity index (χ0) is 7.61. The molecule has 1 aliphatic heterocycles. The Balaban J connectivity index is 2.88. The Labute approximate surface area is 60.6 Å². The summed E-state index contributed by atoms with van der Waals surface area (Å²) < 4.78 is 0. The summed E-state index contributed by atoms with van der Waals surface area (Å²) in [5.41, 5.74) is -0.180. The van der Waals surface area contributed by atoms with Crippen molar-refractivity contribution in [2.24, 2.45) is 4.99 Å². The van der Waals surface area contributed by atoms with Gasteiger partial charge in [0.05, 0.1) is 5.54 Å². The molecule has 0 saturated heterocycles. The smallest absolute Gasteiger partial charge is 0.116 e. The van der Waals surface area contributed by atoms with Gasteiger partial charge in [0, 0.05) is 6.21 Å². The van der Waals surface area contributed by atoms with Crippen LogP contribution in [-0.2, 0) is 0 Å². The van der Waals surface area contributed by atoms with Crippen molar-refractivity contribution < 1.29 is 5.11 Å². The third-order valence-electron chi connectivity index (χ3n) is 1.31. The van der Waals surface area contributed by atoms with E-state index in [-0.39, 0.29) is 11.3 Å². The predicted octanol–water partition coefficient (Wildman–Crippen LogP) is 1.85. The van der Waals surface area contributed by atoms with E-state index in [1.54, 1.807) is 18.4 Å². The van der Waals surface area contributed by atoms with Crippen LogP contribution in [0.25, 0.3) is 0 Å². The highest BCUT2D eigenvalue weighted by Crippen LogP contribution is 2.13.